The van der Waals surface area contributed by atoms with Gasteiger partial charge in [-0.1, -0.05) is 6.07 Å². The third-order valence-corrected chi connectivity index (χ3v) is 6.04. The molecule has 0 saturated carbocycles. The summed E-state index contributed by atoms with van der Waals surface area (Å²) in [6, 6.07) is 13.9. The summed E-state index contributed by atoms with van der Waals surface area (Å²) < 4.78 is 32.0. The van der Waals surface area contributed by atoms with E-state index in [1.165, 1.54) is 61.5 Å². The Morgan fingerprint density at radius 1 is 0.951 bits per heavy atom. The van der Waals surface area contributed by atoms with Gasteiger partial charge in [0.25, 0.3) is 5.91 Å². The van der Waals surface area contributed by atoms with E-state index in [1.807, 2.05) is 20.8 Å². The Morgan fingerprint density at radius 2 is 1.61 bits per heavy atom. The lowest BCUT2D eigenvalue weighted by Crippen LogP contribution is -2.49. The zero-order valence-electron chi connectivity index (χ0n) is 23.6. The number of halogens is 1. The number of methoxy groups -OCH3 is 3. The van der Waals surface area contributed by atoms with Crippen LogP contribution in [0, 0.1) is 5.82 Å². The minimum atomic E-state index is -1.24. The summed E-state index contributed by atoms with van der Waals surface area (Å²) in [5.74, 6) is -0.603. The van der Waals surface area contributed by atoms with Gasteiger partial charge in [0.2, 0.25) is 11.7 Å². The summed E-state index contributed by atoms with van der Waals surface area (Å²) in [5, 5.41) is 14.2. The van der Waals surface area contributed by atoms with Crippen LogP contribution in [0.15, 0.2) is 67.0 Å². The number of rotatable bonds is 9. The molecule has 1 heterocycles. The molecule has 214 valence electrons. The van der Waals surface area contributed by atoms with Crippen LogP contribution < -0.4 is 24.4 Å². The van der Waals surface area contributed by atoms with Crippen LogP contribution >= 0.6 is 0 Å². The molecule has 0 radical (unpaired) electrons. The Labute approximate surface area is 236 Å². The highest BCUT2D eigenvalue weighted by atomic mass is 19.1. The van der Waals surface area contributed by atoms with Gasteiger partial charge in [-0.2, -0.15) is 0 Å². The summed E-state index contributed by atoms with van der Waals surface area (Å²) in [5.41, 5.74) is 0.780. The van der Waals surface area contributed by atoms with Gasteiger partial charge in [-0.3, -0.25) is 14.5 Å². The van der Waals surface area contributed by atoms with E-state index in [-0.39, 0.29) is 11.3 Å². The summed E-state index contributed by atoms with van der Waals surface area (Å²) in [4.78, 5) is 29.7. The smallest absolute Gasteiger partial charge is 0.259 e. The van der Waals surface area contributed by atoms with E-state index in [1.54, 1.807) is 36.4 Å². The number of carbonyl (C=O) groups is 2. The van der Waals surface area contributed by atoms with Crippen molar-refractivity contribution in [2.24, 2.45) is 0 Å². The molecular formula is C29H31FN6O5. The quantitative estimate of drug-likeness (QED) is 0.323. The Bertz CT molecular complexity index is 1490. The second kappa shape index (κ2) is 12.0. The van der Waals surface area contributed by atoms with Gasteiger partial charge in [0.1, 0.15) is 18.2 Å². The molecule has 0 bridgehead atoms. The van der Waals surface area contributed by atoms with Crippen LogP contribution in [0.4, 0.5) is 10.1 Å². The van der Waals surface area contributed by atoms with Crippen molar-refractivity contribution >= 4 is 17.5 Å². The first-order valence-electron chi connectivity index (χ1n) is 12.6. The van der Waals surface area contributed by atoms with E-state index in [0.717, 1.165) is 0 Å². The fourth-order valence-corrected chi connectivity index (χ4v) is 4.30. The molecule has 2 amide bonds. The zero-order valence-corrected chi connectivity index (χ0v) is 23.6. The zero-order chi connectivity index (χ0) is 29.7. The van der Waals surface area contributed by atoms with Gasteiger partial charge < -0.3 is 19.5 Å². The maximum Gasteiger partial charge on any atom is 0.259 e. The first kappa shape index (κ1) is 29.0. The van der Waals surface area contributed by atoms with Crippen molar-refractivity contribution in [3.63, 3.8) is 0 Å². The number of hydrogen-bond acceptors (Lipinski definition) is 8. The number of anilines is 1. The molecule has 0 fully saturated rings. The summed E-state index contributed by atoms with van der Waals surface area (Å²) >= 11 is 0. The summed E-state index contributed by atoms with van der Waals surface area (Å²) in [7, 11) is 4.38. The van der Waals surface area contributed by atoms with Crippen molar-refractivity contribution in [2.45, 2.75) is 32.4 Å². The fourth-order valence-electron chi connectivity index (χ4n) is 4.30. The number of benzene rings is 3. The molecular weight excluding hydrogens is 531 g/mol. The number of nitrogens with one attached hydrogen (secondary N) is 1. The van der Waals surface area contributed by atoms with Gasteiger partial charge in [-0.25, -0.2) is 9.07 Å². The minimum absolute atomic E-state index is 0.239. The number of aromatic nitrogens is 4. The second-order valence-corrected chi connectivity index (χ2v) is 10.1. The average molecular weight is 563 g/mol. The van der Waals surface area contributed by atoms with Crippen molar-refractivity contribution in [2.75, 3.05) is 26.2 Å². The van der Waals surface area contributed by atoms with Crippen LogP contribution in [0.25, 0.3) is 5.69 Å². The molecule has 11 nitrogen and oxygen atoms in total. The average Bonchev–Trinajstić information content (AvgIpc) is 3.50. The highest BCUT2D eigenvalue weighted by Gasteiger charge is 2.36. The number of tetrazole rings is 1. The van der Waals surface area contributed by atoms with Gasteiger partial charge in [0, 0.05) is 16.8 Å². The number of ether oxygens (including phenoxy) is 3. The van der Waals surface area contributed by atoms with Crippen LogP contribution in [0.5, 0.6) is 17.2 Å². The Balaban J connectivity index is 1.95. The summed E-state index contributed by atoms with van der Waals surface area (Å²) in [6.45, 7) is 5.49. The summed E-state index contributed by atoms with van der Waals surface area (Å²) in [6.07, 6.45) is 1.40. The maximum absolute atomic E-state index is 14.4. The lowest BCUT2D eigenvalue weighted by molar-refractivity contribution is -0.123. The molecule has 4 aromatic rings. The highest BCUT2D eigenvalue weighted by molar-refractivity contribution is 6.10. The molecule has 41 heavy (non-hydrogen) atoms. The number of carbonyl (C=O) groups excluding carboxylic acids is 2. The second-order valence-electron chi connectivity index (χ2n) is 10.1. The molecule has 12 heteroatoms. The van der Waals surface area contributed by atoms with E-state index in [4.69, 9.17) is 14.2 Å². The lowest BCUT2D eigenvalue weighted by atomic mass is 9.98. The molecule has 0 unspecified atom stereocenters. The van der Waals surface area contributed by atoms with E-state index in [0.29, 0.717) is 28.5 Å². The molecule has 0 saturated heterocycles. The predicted octanol–water partition coefficient (Wildman–Crippen LogP) is 4.13. The number of nitrogens with zero attached hydrogens (tertiary/aromatic N) is 5. The topological polar surface area (TPSA) is 121 Å². The van der Waals surface area contributed by atoms with E-state index >= 15 is 0 Å². The number of hydrogen-bond donors (Lipinski definition) is 1. The Morgan fingerprint density at radius 3 is 2.15 bits per heavy atom. The molecule has 0 aliphatic carbocycles. The third kappa shape index (κ3) is 6.43. The van der Waals surface area contributed by atoms with Crippen LogP contribution in [-0.2, 0) is 4.79 Å². The fraction of sp³-hybridized carbons (Fsp3) is 0.276. The normalized spacial score (nSPS) is 11.9. The molecule has 1 atom stereocenters. The number of amides is 2. The van der Waals surface area contributed by atoms with Gasteiger partial charge >= 0.3 is 0 Å². The van der Waals surface area contributed by atoms with Gasteiger partial charge in [0.15, 0.2) is 11.5 Å². The van der Waals surface area contributed by atoms with E-state index in [2.05, 4.69) is 20.8 Å². The molecule has 0 spiro atoms. The Kier molecular flexibility index (Phi) is 8.51. The molecule has 4 rings (SSSR count). The molecule has 3 aromatic carbocycles. The SMILES string of the molecule is COc1cc([C@H](C(=O)NC(C)(C)C)N(C(=O)c2cccc(-n3cnnn3)c2)c2ccc(F)cc2)cc(OC)c1OC. The largest absolute Gasteiger partial charge is 0.493 e. The van der Waals surface area contributed by atoms with Crippen LogP contribution in [0.1, 0.15) is 42.7 Å². The monoisotopic (exact) mass is 562 g/mol. The van der Waals surface area contributed by atoms with Crippen molar-refractivity contribution in [3.8, 4) is 22.9 Å². The standard InChI is InChI=1S/C29H31FN6O5/c1-29(2,3)32-27(37)25(19-15-23(39-4)26(41-6)24(16-19)40-5)36(21-12-10-20(30)11-13-21)28(38)18-8-7-9-22(14-18)35-17-31-33-34-35/h7-17,25H,1-6H3,(H,32,37)/t25-/m1/s1. The van der Waals surface area contributed by atoms with Gasteiger partial charge in [-0.15, -0.1) is 5.10 Å². The molecule has 1 aromatic heterocycles. The molecule has 1 N–H and O–H groups in total. The van der Waals surface area contributed by atoms with Crippen molar-refractivity contribution in [1.82, 2.24) is 25.5 Å². The van der Waals surface area contributed by atoms with E-state index < -0.39 is 29.2 Å². The van der Waals surface area contributed by atoms with E-state index in [9.17, 15) is 14.0 Å². The maximum atomic E-state index is 14.4. The first-order chi connectivity index (χ1) is 19.6. The predicted molar refractivity (Wildman–Crippen MR) is 149 cm³/mol. The first-order valence-corrected chi connectivity index (χ1v) is 12.6. The van der Waals surface area contributed by atoms with Crippen molar-refractivity contribution in [3.05, 3.63) is 83.9 Å². The van der Waals surface area contributed by atoms with Crippen LogP contribution in [-0.4, -0.2) is 58.9 Å². The Hall–Kier alpha value is -5.00. The van der Waals surface area contributed by atoms with Crippen molar-refractivity contribution in [1.29, 1.82) is 0 Å². The van der Waals surface area contributed by atoms with Gasteiger partial charge in [-0.05, 0) is 91.4 Å². The lowest BCUT2D eigenvalue weighted by Gasteiger charge is -2.34. The molecule has 0 aliphatic heterocycles. The molecule has 0 aliphatic rings. The van der Waals surface area contributed by atoms with Crippen LogP contribution in [0.2, 0.25) is 0 Å². The highest BCUT2D eigenvalue weighted by Crippen LogP contribution is 2.42. The van der Waals surface area contributed by atoms with Crippen molar-refractivity contribution < 1.29 is 28.2 Å². The minimum Gasteiger partial charge on any atom is -0.493 e. The van der Waals surface area contributed by atoms with Crippen LogP contribution in [0.3, 0.4) is 0 Å². The van der Waals surface area contributed by atoms with Gasteiger partial charge in [0.05, 0.1) is 27.0 Å². The third-order valence-electron chi connectivity index (χ3n) is 6.04.